The second-order valence-electron chi connectivity index (χ2n) is 7.26. The number of fused-ring (bicyclic) bond motifs is 1. The lowest BCUT2D eigenvalue weighted by atomic mass is 9.87. The average molecular weight is 391 g/mol. The molecule has 0 aliphatic heterocycles. The van der Waals surface area contributed by atoms with Crippen LogP contribution in [-0.4, -0.2) is 13.0 Å². The van der Waals surface area contributed by atoms with E-state index in [9.17, 15) is 4.79 Å². The van der Waals surface area contributed by atoms with Crippen molar-refractivity contribution >= 4 is 5.91 Å². The summed E-state index contributed by atoms with van der Waals surface area (Å²) in [6.07, 6.45) is 3.10. The molecule has 1 amide bonds. The van der Waals surface area contributed by atoms with Crippen LogP contribution in [0.2, 0.25) is 0 Å². The molecule has 1 aliphatic rings. The quantitative estimate of drug-likeness (QED) is 0.644. The monoisotopic (exact) mass is 391 g/mol. The van der Waals surface area contributed by atoms with Gasteiger partial charge in [0, 0.05) is 0 Å². The van der Waals surface area contributed by atoms with E-state index < -0.39 is 0 Å². The molecule has 0 saturated carbocycles. The first-order valence-electron chi connectivity index (χ1n) is 9.89. The van der Waals surface area contributed by atoms with Gasteiger partial charge >= 0.3 is 0 Å². The van der Waals surface area contributed by atoms with Gasteiger partial charge in [0.15, 0.2) is 0 Å². The van der Waals surface area contributed by atoms with E-state index in [1.807, 2.05) is 30.3 Å². The highest BCUT2D eigenvalue weighted by atomic mass is 16.5. The summed E-state index contributed by atoms with van der Waals surface area (Å²) in [7, 11) is 1.62. The Balaban J connectivity index is 1.41. The Labute approximate surface area is 170 Å². The van der Waals surface area contributed by atoms with E-state index in [0.717, 1.165) is 25.0 Å². The standard InChI is InChI=1S/C24H25NO4/c1-16-22(14-20(29-16)15-28-19-12-10-18(27-2)11-13-19)24(26)25-23-9-5-7-17-6-3-4-8-21(17)23/h3-4,6,8,10-14,23H,5,7,9,15H2,1-2H3,(H,25,26). The Hall–Kier alpha value is -3.21. The minimum absolute atomic E-state index is 0.0424. The van der Waals surface area contributed by atoms with Crippen LogP contribution in [0.1, 0.15) is 51.9 Å². The van der Waals surface area contributed by atoms with Gasteiger partial charge in [-0.3, -0.25) is 4.79 Å². The zero-order valence-electron chi connectivity index (χ0n) is 16.7. The molecule has 1 aliphatic carbocycles. The highest BCUT2D eigenvalue weighted by Gasteiger charge is 2.24. The van der Waals surface area contributed by atoms with Crippen molar-refractivity contribution in [1.29, 1.82) is 0 Å². The van der Waals surface area contributed by atoms with Gasteiger partial charge in [-0.2, -0.15) is 0 Å². The van der Waals surface area contributed by atoms with E-state index in [1.165, 1.54) is 11.1 Å². The summed E-state index contributed by atoms with van der Waals surface area (Å²) < 4.78 is 16.6. The molecule has 0 bridgehead atoms. The number of hydrogen-bond acceptors (Lipinski definition) is 4. The Kier molecular flexibility index (Phi) is 5.56. The third kappa shape index (κ3) is 4.29. The number of carbonyl (C=O) groups is 1. The lowest BCUT2D eigenvalue weighted by Gasteiger charge is -2.26. The summed E-state index contributed by atoms with van der Waals surface area (Å²) in [5.74, 6) is 2.59. The van der Waals surface area contributed by atoms with Crippen molar-refractivity contribution in [2.45, 2.75) is 38.8 Å². The van der Waals surface area contributed by atoms with Gasteiger partial charge in [0.05, 0.1) is 18.7 Å². The number of carbonyl (C=O) groups excluding carboxylic acids is 1. The van der Waals surface area contributed by atoms with Crippen LogP contribution in [0.4, 0.5) is 0 Å². The number of rotatable bonds is 6. The maximum Gasteiger partial charge on any atom is 0.255 e. The van der Waals surface area contributed by atoms with Gasteiger partial charge in [0.1, 0.15) is 29.6 Å². The van der Waals surface area contributed by atoms with Crippen molar-refractivity contribution in [3.63, 3.8) is 0 Å². The third-order valence-electron chi connectivity index (χ3n) is 5.33. The van der Waals surface area contributed by atoms with Gasteiger partial charge in [-0.1, -0.05) is 24.3 Å². The zero-order valence-corrected chi connectivity index (χ0v) is 16.7. The molecule has 150 valence electrons. The van der Waals surface area contributed by atoms with Gasteiger partial charge in [-0.15, -0.1) is 0 Å². The molecule has 2 aromatic carbocycles. The topological polar surface area (TPSA) is 60.7 Å². The molecular weight excluding hydrogens is 366 g/mol. The van der Waals surface area contributed by atoms with Crippen LogP contribution in [0.25, 0.3) is 0 Å². The molecule has 1 aromatic heterocycles. The van der Waals surface area contributed by atoms with Gasteiger partial charge in [-0.05, 0) is 67.6 Å². The van der Waals surface area contributed by atoms with Crippen LogP contribution in [0.15, 0.2) is 59.0 Å². The SMILES string of the molecule is COc1ccc(OCc2cc(C(=O)NC3CCCc4ccccc43)c(C)o2)cc1. The minimum atomic E-state index is -0.108. The van der Waals surface area contributed by atoms with Crippen LogP contribution < -0.4 is 14.8 Å². The highest BCUT2D eigenvalue weighted by Crippen LogP contribution is 2.30. The fourth-order valence-corrected chi connectivity index (χ4v) is 3.81. The predicted octanol–water partition coefficient (Wildman–Crippen LogP) is 4.98. The average Bonchev–Trinajstić information content (AvgIpc) is 3.13. The van der Waals surface area contributed by atoms with Gasteiger partial charge in [0.25, 0.3) is 5.91 Å². The van der Waals surface area contributed by atoms with Crippen LogP contribution in [0.5, 0.6) is 11.5 Å². The number of amides is 1. The summed E-state index contributed by atoms with van der Waals surface area (Å²) in [5.41, 5.74) is 3.10. The molecule has 29 heavy (non-hydrogen) atoms. The fourth-order valence-electron chi connectivity index (χ4n) is 3.81. The Morgan fingerprint density at radius 1 is 1.14 bits per heavy atom. The summed E-state index contributed by atoms with van der Waals surface area (Å²) in [6.45, 7) is 2.06. The first kappa shape index (κ1) is 19.1. The second-order valence-corrected chi connectivity index (χ2v) is 7.26. The van der Waals surface area contributed by atoms with Crippen molar-refractivity contribution in [3.05, 3.63) is 82.8 Å². The molecule has 1 atom stereocenters. The third-order valence-corrected chi connectivity index (χ3v) is 5.33. The normalized spacial score (nSPS) is 15.4. The van der Waals surface area contributed by atoms with E-state index in [0.29, 0.717) is 22.8 Å². The summed E-state index contributed by atoms with van der Waals surface area (Å²) >= 11 is 0. The molecule has 3 aromatic rings. The molecule has 0 saturated heterocycles. The van der Waals surface area contributed by atoms with Crippen molar-refractivity contribution in [1.82, 2.24) is 5.32 Å². The smallest absolute Gasteiger partial charge is 0.255 e. The number of benzene rings is 2. The molecule has 0 spiro atoms. The van der Waals surface area contributed by atoms with E-state index in [1.54, 1.807) is 20.1 Å². The lowest BCUT2D eigenvalue weighted by molar-refractivity contribution is 0.0931. The molecule has 1 unspecified atom stereocenters. The molecule has 5 nitrogen and oxygen atoms in total. The van der Waals surface area contributed by atoms with Gasteiger partial charge in [0.2, 0.25) is 0 Å². The highest BCUT2D eigenvalue weighted by molar-refractivity contribution is 5.95. The first-order chi connectivity index (χ1) is 14.1. The fraction of sp³-hybridized carbons (Fsp3) is 0.292. The molecule has 4 rings (SSSR count). The van der Waals surface area contributed by atoms with Crippen LogP contribution >= 0.6 is 0 Å². The van der Waals surface area contributed by atoms with E-state index in [4.69, 9.17) is 13.9 Å². The number of nitrogens with one attached hydrogen (secondary N) is 1. The minimum Gasteiger partial charge on any atom is -0.497 e. The van der Waals surface area contributed by atoms with Crippen molar-refractivity contribution in [2.24, 2.45) is 0 Å². The summed E-state index contributed by atoms with van der Waals surface area (Å²) in [4.78, 5) is 12.9. The van der Waals surface area contributed by atoms with Crippen LogP contribution in [0.3, 0.4) is 0 Å². The van der Waals surface area contributed by atoms with Crippen LogP contribution in [-0.2, 0) is 13.0 Å². The van der Waals surface area contributed by atoms with Crippen molar-refractivity contribution < 1.29 is 18.7 Å². The Morgan fingerprint density at radius 3 is 2.69 bits per heavy atom. The number of methoxy groups -OCH3 is 1. The van der Waals surface area contributed by atoms with Crippen molar-refractivity contribution in [3.8, 4) is 11.5 Å². The number of ether oxygens (including phenoxy) is 2. The Morgan fingerprint density at radius 2 is 1.90 bits per heavy atom. The molecule has 0 fully saturated rings. The number of aryl methyl sites for hydroxylation is 2. The second kappa shape index (κ2) is 8.43. The molecular formula is C24H25NO4. The first-order valence-corrected chi connectivity index (χ1v) is 9.89. The maximum absolute atomic E-state index is 12.9. The predicted molar refractivity (Wildman–Crippen MR) is 110 cm³/mol. The maximum atomic E-state index is 12.9. The van der Waals surface area contributed by atoms with Crippen LogP contribution in [0, 0.1) is 6.92 Å². The lowest BCUT2D eigenvalue weighted by Crippen LogP contribution is -2.31. The van der Waals surface area contributed by atoms with Gasteiger partial charge < -0.3 is 19.2 Å². The van der Waals surface area contributed by atoms with Gasteiger partial charge in [-0.25, -0.2) is 0 Å². The molecule has 0 radical (unpaired) electrons. The molecule has 5 heteroatoms. The zero-order chi connectivity index (χ0) is 20.2. The number of furan rings is 1. The van der Waals surface area contributed by atoms with Crippen molar-refractivity contribution in [2.75, 3.05) is 7.11 Å². The largest absolute Gasteiger partial charge is 0.497 e. The van der Waals surface area contributed by atoms with E-state index >= 15 is 0 Å². The number of hydrogen-bond donors (Lipinski definition) is 1. The molecule has 1 heterocycles. The van der Waals surface area contributed by atoms with E-state index in [2.05, 4.69) is 23.5 Å². The molecule has 1 N–H and O–H groups in total. The Bertz CT molecular complexity index is 990. The summed E-state index contributed by atoms with van der Waals surface area (Å²) in [5, 5.41) is 3.18. The van der Waals surface area contributed by atoms with E-state index in [-0.39, 0.29) is 18.6 Å². The summed E-state index contributed by atoms with van der Waals surface area (Å²) in [6, 6.07) is 17.5.